The second-order valence-electron chi connectivity index (χ2n) is 3.04. The van der Waals surface area contributed by atoms with Crippen LogP contribution in [0.5, 0.6) is 0 Å². The van der Waals surface area contributed by atoms with Gasteiger partial charge in [-0.05, 0) is 19.8 Å². The number of hydrogen-bond acceptors (Lipinski definition) is 0. The van der Waals surface area contributed by atoms with Crippen molar-refractivity contribution >= 4 is 0 Å². The molecule has 0 amide bonds. The van der Waals surface area contributed by atoms with Crippen LogP contribution in [-0.2, 0) is 0 Å². The standard InChI is InChI=1S/C13H21/c1-3-5-7-9-11-13-12-10-8-6-4-2/h4,6,8,10,12-13H,1,3,5,7,9,11H2,2H3. The SMILES string of the molecule is [CH2]CCCCCC=CC=CC=CC. The molecule has 0 nitrogen and oxygen atoms in total. The van der Waals surface area contributed by atoms with Crippen molar-refractivity contribution in [3.63, 3.8) is 0 Å². The summed E-state index contributed by atoms with van der Waals surface area (Å²) in [5.74, 6) is 0. The third kappa shape index (κ3) is 11.2. The van der Waals surface area contributed by atoms with Crippen molar-refractivity contribution in [1.82, 2.24) is 0 Å². The van der Waals surface area contributed by atoms with Crippen molar-refractivity contribution in [1.29, 1.82) is 0 Å². The number of unbranched alkanes of at least 4 members (excludes halogenated alkanes) is 4. The van der Waals surface area contributed by atoms with Crippen molar-refractivity contribution in [2.24, 2.45) is 0 Å². The number of rotatable bonds is 7. The molecule has 0 saturated heterocycles. The Kier molecular flexibility index (Phi) is 10.5. The van der Waals surface area contributed by atoms with Gasteiger partial charge in [-0.3, -0.25) is 0 Å². The highest BCUT2D eigenvalue weighted by Crippen LogP contribution is 2.02. The number of allylic oxidation sites excluding steroid dienone is 6. The Morgan fingerprint density at radius 3 is 2.38 bits per heavy atom. The predicted molar refractivity (Wildman–Crippen MR) is 61.5 cm³/mol. The highest BCUT2D eigenvalue weighted by molar-refractivity contribution is 5.10. The zero-order valence-electron chi connectivity index (χ0n) is 8.71. The van der Waals surface area contributed by atoms with Crippen LogP contribution in [0, 0.1) is 6.92 Å². The largest absolute Gasteiger partial charge is 0.0877 e. The van der Waals surface area contributed by atoms with Crippen LogP contribution in [-0.4, -0.2) is 0 Å². The highest BCUT2D eigenvalue weighted by Gasteiger charge is 1.82. The predicted octanol–water partition coefficient (Wildman–Crippen LogP) is 4.46. The molecule has 0 aromatic rings. The summed E-state index contributed by atoms with van der Waals surface area (Å²) in [5.41, 5.74) is 0. The summed E-state index contributed by atoms with van der Waals surface area (Å²) in [6.45, 7) is 5.84. The second-order valence-corrected chi connectivity index (χ2v) is 3.04. The maximum atomic E-state index is 3.82. The Bertz CT molecular complexity index is 161. The van der Waals surface area contributed by atoms with Gasteiger partial charge in [-0.1, -0.05) is 62.6 Å². The zero-order chi connectivity index (χ0) is 9.78. The third-order valence-electron chi connectivity index (χ3n) is 1.78. The summed E-state index contributed by atoms with van der Waals surface area (Å²) in [6.07, 6.45) is 18.7. The minimum absolute atomic E-state index is 1.07. The Hall–Kier alpha value is -0.780. The van der Waals surface area contributed by atoms with E-state index in [1.165, 1.54) is 25.7 Å². The lowest BCUT2D eigenvalue weighted by Crippen LogP contribution is -1.73. The lowest BCUT2D eigenvalue weighted by Gasteiger charge is -1.92. The fraction of sp³-hybridized carbons (Fsp3) is 0.462. The smallest absolute Gasteiger partial charge is 0.0348 e. The molecule has 0 aliphatic carbocycles. The molecule has 0 bridgehead atoms. The van der Waals surface area contributed by atoms with Gasteiger partial charge in [0, 0.05) is 0 Å². The van der Waals surface area contributed by atoms with Gasteiger partial charge in [0.2, 0.25) is 0 Å². The van der Waals surface area contributed by atoms with E-state index in [9.17, 15) is 0 Å². The van der Waals surface area contributed by atoms with Gasteiger partial charge in [-0.15, -0.1) is 0 Å². The zero-order valence-corrected chi connectivity index (χ0v) is 8.71. The molecular formula is C13H21. The molecule has 0 fully saturated rings. The molecule has 0 saturated carbocycles. The second kappa shape index (κ2) is 11.2. The lowest BCUT2D eigenvalue weighted by atomic mass is 10.1. The van der Waals surface area contributed by atoms with E-state index < -0.39 is 0 Å². The summed E-state index contributed by atoms with van der Waals surface area (Å²) in [4.78, 5) is 0. The Morgan fingerprint density at radius 1 is 0.923 bits per heavy atom. The molecule has 0 rings (SSSR count). The molecular weight excluding hydrogens is 156 g/mol. The van der Waals surface area contributed by atoms with Crippen LogP contribution in [0.15, 0.2) is 36.5 Å². The molecule has 0 aliphatic heterocycles. The summed E-state index contributed by atoms with van der Waals surface area (Å²) < 4.78 is 0. The first-order valence-electron chi connectivity index (χ1n) is 5.15. The Labute approximate surface area is 83.0 Å². The van der Waals surface area contributed by atoms with E-state index in [4.69, 9.17) is 0 Å². The van der Waals surface area contributed by atoms with Crippen LogP contribution < -0.4 is 0 Å². The van der Waals surface area contributed by atoms with Crippen LogP contribution in [0.3, 0.4) is 0 Å². The fourth-order valence-corrected chi connectivity index (χ4v) is 1.03. The van der Waals surface area contributed by atoms with Crippen LogP contribution in [0.4, 0.5) is 0 Å². The molecule has 0 aliphatic rings. The van der Waals surface area contributed by atoms with E-state index in [0.717, 1.165) is 6.42 Å². The maximum absolute atomic E-state index is 3.82. The average molecular weight is 177 g/mol. The maximum Gasteiger partial charge on any atom is -0.0348 e. The molecule has 13 heavy (non-hydrogen) atoms. The molecule has 0 heterocycles. The summed E-state index contributed by atoms with van der Waals surface area (Å²) in [5, 5.41) is 0. The van der Waals surface area contributed by atoms with Gasteiger partial charge in [0.05, 0.1) is 0 Å². The lowest BCUT2D eigenvalue weighted by molar-refractivity contribution is 0.695. The minimum atomic E-state index is 1.07. The first-order valence-corrected chi connectivity index (χ1v) is 5.15. The van der Waals surface area contributed by atoms with Crippen molar-refractivity contribution in [3.8, 4) is 0 Å². The third-order valence-corrected chi connectivity index (χ3v) is 1.78. The molecule has 1 radical (unpaired) electrons. The Morgan fingerprint density at radius 2 is 1.69 bits per heavy atom. The minimum Gasteiger partial charge on any atom is -0.0877 e. The molecule has 0 aromatic carbocycles. The monoisotopic (exact) mass is 177 g/mol. The van der Waals surface area contributed by atoms with Crippen LogP contribution >= 0.6 is 0 Å². The van der Waals surface area contributed by atoms with Crippen LogP contribution in [0.2, 0.25) is 0 Å². The van der Waals surface area contributed by atoms with E-state index in [2.05, 4.69) is 25.2 Å². The van der Waals surface area contributed by atoms with Gasteiger partial charge >= 0.3 is 0 Å². The van der Waals surface area contributed by atoms with Crippen molar-refractivity contribution < 1.29 is 0 Å². The van der Waals surface area contributed by atoms with Crippen molar-refractivity contribution in [2.45, 2.75) is 39.0 Å². The molecule has 0 N–H and O–H groups in total. The van der Waals surface area contributed by atoms with E-state index >= 15 is 0 Å². The fourth-order valence-electron chi connectivity index (χ4n) is 1.03. The van der Waals surface area contributed by atoms with Crippen molar-refractivity contribution in [2.75, 3.05) is 0 Å². The summed E-state index contributed by atoms with van der Waals surface area (Å²) in [7, 11) is 0. The van der Waals surface area contributed by atoms with E-state index in [-0.39, 0.29) is 0 Å². The first-order chi connectivity index (χ1) is 6.41. The molecule has 0 aromatic heterocycles. The van der Waals surface area contributed by atoms with Gasteiger partial charge in [-0.25, -0.2) is 0 Å². The van der Waals surface area contributed by atoms with E-state index in [1.807, 2.05) is 25.2 Å². The van der Waals surface area contributed by atoms with E-state index in [0.29, 0.717) is 0 Å². The highest BCUT2D eigenvalue weighted by atomic mass is 13.9. The normalized spacial score (nSPS) is 12.5. The molecule has 0 atom stereocenters. The topological polar surface area (TPSA) is 0 Å². The van der Waals surface area contributed by atoms with Gasteiger partial charge in [-0.2, -0.15) is 0 Å². The average Bonchev–Trinajstić information content (AvgIpc) is 2.16. The van der Waals surface area contributed by atoms with Crippen molar-refractivity contribution in [3.05, 3.63) is 43.4 Å². The van der Waals surface area contributed by atoms with Gasteiger partial charge < -0.3 is 0 Å². The summed E-state index contributed by atoms with van der Waals surface area (Å²) in [6, 6.07) is 0. The summed E-state index contributed by atoms with van der Waals surface area (Å²) >= 11 is 0. The molecule has 0 heteroatoms. The first kappa shape index (κ1) is 12.2. The van der Waals surface area contributed by atoms with Crippen LogP contribution in [0.25, 0.3) is 0 Å². The molecule has 73 valence electrons. The van der Waals surface area contributed by atoms with Gasteiger partial charge in [0.15, 0.2) is 0 Å². The van der Waals surface area contributed by atoms with E-state index in [1.54, 1.807) is 0 Å². The van der Waals surface area contributed by atoms with Crippen LogP contribution in [0.1, 0.15) is 39.0 Å². The number of hydrogen-bond donors (Lipinski definition) is 0. The van der Waals surface area contributed by atoms with Gasteiger partial charge in [0.1, 0.15) is 0 Å². The Balaban J connectivity index is 3.21. The molecule has 0 unspecified atom stereocenters. The molecule has 0 spiro atoms. The quantitative estimate of drug-likeness (QED) is 0.398. The van der Waals surface area contributed by atoms with Gasteiger partial charge in [0.25, 0.3) is 0 Å².